The summed E-state index contributed by atoms with van der Waals surface area (Å²) in [5.41, 5.74) is 0.666. The van der Waals surface area contributed by atoms with Crippen molar-refractivity contribution in [3.8, 4) is 6.07 Å². The number of nitrogens with zero attached hydrogens (tertiary/aromatic N) is 1. The van der Waals surface area contributed by atoms with E-state index in [2.05, 4.69) is 0 Å². The minimum absolute atomic E-state index is 0.242. The molecule has 1 atom stereocenters. The van der Waals surface area contributed by atoms with Crippen LogP contribution in [0.25, 0.3) is 0 Å². The van der Waals surface area contributed by atoms with E-state index in [0.717, 1.165) is 0 Å². The molecular weight excluding hydrogens is 234 g/mol. The Morgan fingerprint density at radius 1 is 1.47 bits per heavy atom. The first-order valence-electron chi connectivity index (χ1n) is 4.29. The van der Waals surface area contributed by atoms with Gasteiger partial charge < -0.3 is 0 Å². The van der Waals surface area contributed by atoms with E-state index in [1.165, 1.54) is 6.07 Å². The molecule has 0 spiro atoms. The van der Waals surface area contributed by atoms with Crippen LogP contribution in [0.3, 0.4) is 0 Å². The molecule has 80 valence electrons. The van der Waals surface area contributed by atoms with Crippen LogP contribution < -0.4 is 0 Å². The van der Waals surface area contributed by atoms with Gasteiger partial charge in [0.15, 0.2) is 9.84 Å². The molecule has 5 heteroatoms. The van der Waals surface area contributed by atoms with Gasteiger partial charge in [0.2, 0.25) is 0 Å². The summed E-state index contributed by atoms with van der Waals surface area (Å²) in [6, 6.07) is 8.34. The van der Waals surface area contributed by atoms with Crippen molar-refractivity contribution in [3.63, 3.8) is 0 Å². The SMILES string of the molecule is Cc1ccccc1S(=O)(=O)CC(Cl)C#N. The molecule has 15 heavy (non-hydrogen) atoms. The fraction of sp³-hybridized carbons (Fsp3) is 0.300. The molecule has 1 aromatic rings. The molecule has 0 aliphatic heterocycles. The summed E-state index contributed by atoms with van der Waals surface area (Å²) < 4.78 is 23.6. The third-order valence-corrected chi connectivity index (χ3v) is 4.27. The molecule has 1 unspecified atom stereocenters. The van der Waals surface area contributed by atoms with Gasteiger partial charge in [-0.1, -0.05) is 18.2 Å². The first kappa shape index (κ1) is 12.0. The number of sulfone groups is 1. The third kappa shape index (κ3) is 2.95. The van der Waals surface area contributed by atoms with Gasteiger partial charge in [-0.15, -0.1) is 11.6 Å². The number of nitriles is 1. The molecule has 0 saturated heterocycles. The van der Waals surface area contributed by atoms with E-state index in [1.807, 2.05) is 0 Å². The number of rotatable bonds is 3. The van der Waals surface area contributed by atoms with Crippen molar-refractivity contribution in [2.75, 3.05) is 5.75 Å². The Morgan fingerprint density at radius 3 is 2.60 bits per heavy atom. The standard InChI is InChI=1S/C10H10ClNO2S/c1-8-4-2-3-5-10(8)15(13,14)7-9(11)6-12/h2-5,9H,7H2,1H3. The second-order valence-corrected chi connectivity index (χ2v) is 5.67. The monoisotopic (exact) mass is 243 g/mol. The van der Waals surface area contributed by atoms with E-state index in [9.17, 15) is 8.42 Å². The predicted octanol–water partition coefficient (Wildman–Crippen LogP) is 1.90. The lowest BCUT2D eigenvalue weighted by molar-refractivity contribution is 0.595. The van der Waals surface area contributed by atoms with Gasteiger partial charge in [0.1, 0.15) is 5.38 Å². The summed E-state index contributed by atoms with van der Waals surface area (Å²) in [6.07, 6.45) is 0. The van der Waals surface area contributed by atoms with Crippen LogP contribution in [-0.4, -0.2) is 19.5 Å². The highest BCUT2D eigenvalue weighted by Crippen LogP contribution is 2.17. The maximum Gasteiger partial charge on any atom is 0.181 e. The number of hydrogen-bond donors (Lipinski definition) is 0. The Morgan fingerprint density at radius 2 is 2.07 bits per heavy atom. The molecular formula is C10H10ClNO2S. The van der Waals surface area contributed by atoms with Crippen LogP contribution in [0, 0.1) is 18.3 Å². The molecule has 0 amide bonds. The lowest BCUT2D eigenvalue weighted by atomic mass is 10.2. The minimum Gasteiger partial charge on any atom is -0.224 e. The highest BCUT2D eigenvalue weighted by Gasteiger charge is 2.20. The summed E-state index contributed by atoms with van der Waals surface area (Å²) >= 11 is 5.51. The quantitative estimate of drug-likeness (QED) is 0.762. The summed E-state index contributed by atoms with van der Waals surface area (Å²) in [4.78, 5) is 0.242. The number of benzene rings is 1. The first-order valence-corrected chi connectivity index (χ1v) is 6.38. The Kier molecular flexibility index (Phi) is 3.72. The summed E-state index contributed by atoms with van der Waals surface area (Å²) in [6.45, 7) is 1.71. The van der Waals surface area contributed by atoms with Gasteiger partial charge >= 0.3 is 0 Å². The number of alkyl halides is 1. The van der Waals surface area contributed by atoms with Crippen molar-refractivity contribution in [1.82, 2.24) is 0 Å². The van der Waals surface area contributed by atoms with Crippen molar-refractivity contribution < 1.29 is 8.42 Å². The Hall–Kier alpha value is -1.05. The molecule has 0 aliphatic carbocycles. The maximum absolute atomic E-state index is 11.8. The van der Waals surface area contributed by atoms with Crippen molar-refractivity contribution in [2.45, 2.75) is 17.2 Å². The molecule has 0 fully saturated rings. The molecule has 3 nitrogen and oxygen atoms in total. The third-order valence-electron chi connectivity index (χ3n) is 1.93. The van der Waals surface area contributed by atoms with E-state index in [1.54, 1.807) is 31.2 Å². The molecule has 0 N–H and O–H groups in total. The van der Waals surface area contributed by atoms with Crippen molar-refractivity contribution in [2.24, 2.45) is 0 Å². The average molecular weight is 244 g/mol. The lowest BCUT2D eigenvalue weighted by Gasteiger charge is -2.06. The van der Waals surface area contributed by atoms with Crippen LogP contribution >= 0.6 is 11.6 Å². The van der Waals surface area contributed by atoms with Gasteiger partial charge in [-0.3, -0.25) is 0 Å². The Bertz CT molecular complexity index is 490. The van der Waals surface area contributed by atoms with Gasteiger partial charge in [0.05, 0.1) is 16.7 Å². The smallest absolute Gasteiger partial charge is 0.181 e. The highest BCUT2D eigenvalue weighted by atomic mass is 35.5. The maximum atomic E-state index is 11.8. The van der Waals surface area contributed by atoms with Crippen molar-refractivity contribution >= 4 is 21.4 Å². The van der Waals surface area contributed by atoms with Crippen LogP contribution in [0.5, 0.6) is 0 Å². The second-order valence-electron chi connectivity index (χ2n) is 3.14. The van der Waals surface area contributed by atoms with Gasteiger partial charge in [-0.2, -0.15) is 5.26 Å². The molecule has 0 heterocycles. The number of halogens is 1. The Labute approximate surface area is 94.2 Å². The minimum atomic E-state index is -3.46. The van der Waals surface area contributed by atoms with E-state index in [-0.39, 0.29) is 10.6 Å². The lowest BCUT2D eigenvalue weighted by Crippen LogP contribution is -2.15. The normalized spacial score (nSPS) is 13.1. The zero-order valence-corrected chi connectivity index (χ0v) is 9.72. The molecule has 0 aliphatic rings. The van der Waals surface area contributed by atoms with E-state index in [0.29, 0.717) is 5.56 Å². The van der Waals surface area contributed by atoms with Crippen LogP contribution in [0.15, 0.2) is 29.2 Å². The van der Waals surface area contributed by atoms with Gasteiger partial charge in [0, 0.05) is 0 Å². The average Bonchev–Trinajstić information content (AvgIpc) is 2.17. The molecule has 1 rings (SSSR count). The van der Waals surface area contributed by atoms with Crippen LogP contribution in [0.2, 0.25) is 0 Å². The number of aryl methyl sites for hydroxylation is 1. The van der Waals surface area contributed by atoms with Gasteiger partial charge in [-0.25, -0.2) is 8.42 Å². The fourth-order valence-electron chi connectivity index (χ4n) is 1.23. The molecule has 0 bridgehead atoms. The fourth-order valence-corrected chi connectivity index (χ4v) is 3.21. The van der Waals surface area contributed by atoms with Gasteiger partial charge in [-0.05, 0) is 18.6 Å². The van der Waals surface area contributed by atoms with E-state index < -0.39 is 15.2 Å². The number of hydrogen-bond acceptors (Lipinski definition) is 3. The highest BCUT2D eigenvalue weighted by molar-refractivity contribution is 7.91. The summed E-state index contributed by atoms with van der Waals surface area (Å²) in [5, 5.41) is 7.46. The molecule has 0 radical (unpaired) electrons. The molecule has 0 aromatic heterocycles. The second kappa shape index (κ2) is 4.65. The van der Waals surface area contributed by atoms with Gasteiger partial charge in [0.25, 0.3) is 0 Å². The van der Waals surface area contributed by atoms with Crippen LogP contribution in [0.4, 0.5) is 0 Å². The van der Waals surface area contributed by atoms with Crippen LogP contribution in [0.1, 0.15) is 5.56 Å². The largest absolute Gasteiger partial charge is 0.224 e. The van der Waals surface area contributed by atoms with Crippen molar-refractivity contribution in [3.05, 3.63) is 29.8 Å². The summed E-state index contributed by atoms with van der Waals surface area (Å²) in [7, 11) is -3.46. The zero-order chi connectivity index (χ0) is 11.5. The topological polar surface area (TPSA) is 57.9 Å². The van der Waals surface area contributed by atoms with Crippen molar-refractivity contribution in [1.29, 1.82) is 5.26 Å². The predicted molar refractivity (Wildman–Crippen MR) is 58.5 cm³/mol. The van der Waals surface area contributed by atoms with E-state index >= 15 is 0 Å². The van der Waals surface area contributed by atoms with Crippen LogP contribution in [-0.2, 0) is 9.84 Å². The Balaban J connectivity index is 3.09. The first-order chi connectivity index (χ1) is 6.97. The summed E-state index contributed by atoms with van der Waals surface area (Å²) in [5.74, 6) is -0.351. The van der Waals surface area contributed by atoms with E-state index in [4.69, 9.17) is 16.9 Å². The zero-order valence-electron chi connectivity index (χ0n) is 8.14. The molecule has 0 saturated carbocycles. The molecule has 1 aromatic carbocycles.